The van der Waals surface area contributed by atoms with E-state index in [0.29, 0.717) is 13.0 Å². The van der Waals surface area contributed by atoms with Gasteiger partial charge in [-0.1, -0.05) is 11.6 Å². The van der Waals surface area contributed by atoms with Crippen LogP contribution in [0.2, 0.25) is 5.02 Å². The highest BCUT2D eigenvalue weighted by atomic mass is 35.5. The summed E-state index contributed by atoms with van der Waals surface area (Å²) in [6, 6.07) is 3.20. The lowest BCUT2D eigenvalue weighted by Gasteiger charge is -2.07. The lowest BCUT2D eigenvalue weighted by atomic mass is 10.5. The standard InChI is InChI=1S/C9H13ClN2O3S/c1-15-6-3-7-16(13,14)12-9-8(10)4-2-5-11-9/h2,4-5H,3,6-7H2,1H3,(H,11,12). The second-order valence-corrected chi connectivity index (χ2v) is 5.35. The molecule has 0 unspecified atom stereocenters. The number of pyridine rings is 1. The number of hydrogen-bond acceptors (Lipinski definition) is 4. The van der Waals surface area contributed by atoms with Crippen molar-refractivity contribution >= 4 is 27.4 Å². The highest BCUT2D eigenvalue weighted by Gasteiger charge is 2.12. The third-order valence-electron chi connectivity index (χ3n) is 1.77. The summed E-state index contributed by atoms with van der Waals surface area (Å²) >= 11 is 5.78. The maximum atomic E-state index is 11.6. The van der Waals surface area contributed by atoms with Gasteiger partial charge in [0.05, 0.1) is 10.8 Å². The summed E-state index contributed by atoms with van der Waals surface area (Å²) in [4.78, 5) is 3.84. The second kappa shape index (κ2) is 6.03. The van der Waals surface area contributed by atoms with E-state index >= 15 is 0 Å². The first-order chi connectivity index (χ1) is 7.55. The van der Waals surface area contributed by atoms with Crippen molar-refractivity contribution < 1.29 is 13.2 Å². The molecule has 1 aromatic rings. The molecule has 0 aliphatic heterocycles. The van der Waals surface area contributed by atoms with Crippen LogP contribution in [0, 0.1) is 0 Å². The Morgan fingerprint density at radius 1 is 1.56 bits per heavy atom. The molecule has 1 heterocycles. The van der Waals surface area contributed by atoms with Crippen LogP contribution in [0.4, 0.5) is 5.82 Å². The Kier molecular flexibility index (Phi) is 4.98. The van der Waals surface area contributed by atoms with Crippen molar-refractivity contribution in [1.29, 1.82) is 0 Å². The zero-order valence-corrected chi connectivity index (χ0v) is 10.4. The molecule has 0 saturated heterocycles. The van der Waals surface area contributed by atoms with Crippen LogP contribution in [-0.2, 0) is 14.8 Å². The topological polar surface area (TPSA) is 68.3 Å². The van der Waals surface area contributed by atoms with Gasteiger partial charge in [-0.25, -0.2) is 13.4 Å². The Morgan fingerprint density at radius 2 is 2.31 bits per heavy atom. The minimum Gasteiger partial charge on any atom is -0.385 e. The molecule has 0 atom stereocenters. The van der Waals surface area contributed by atoms with Gasteiger partial charge in [-0.3, -0.25) is 4.72 Å². The number of hydrogen-bond donors (Lipinski definition) is 1. The zero-order chi connectivity index (χ0) is 12.0. The second-order valence-electron chi connectivity index (χ2n) is 3.10. The van der Waals surface area contributed by atoms with E-state index < -0.39 is 10.0 Å². The normalized spacial score (nSPS) is 11.4. The number of nitrogens with zero attached hydrogens (tertiary/aromatic N) is 1. The highest BCUT2D eigenvalue weighted by molar-refractivity contribution is 7.92. The van der Waals surface area contributed by atoms with Crippen molar-refractivity contribution in [1.82, 2.24) is 4.98 Å². The number of rotatable bonds is 6. The van der Waals surface area contributed by atoms with E-state index in [1.807, 2.05) is 0 Å². The molecule has 1 rings (SSSR count). The van der Waals surface area contributed by atoms with Crippen LogP contribution in [0.1, 0.15) is 6.42 Å². The molecule has 90 valence electrons. The summed E-state index contributed by atoms with van der Waals surface area (Å²) in [6.07, 6.45) is 1.90. The molecule has 7 heteroatoms. The molecule has 0 spiro atoms. The number of halogens is 1. The number of sulfonamides is 1. The average Bonchev–Trinajstić information content (AvgIpc) is 2.21. The van der Waals surface area contributed by atoms with Crippen molar-refractivity contribution in [3.63, 3.8) is 0 Å². The van der Waals surface area contributed by atoms with Gasteiger partial charge >= 0.3 is 0 Å². The Morgan fingerprint density at radius 3 is 2.94 bits per heavy atom. The molecule has 0 saturated carbocycles. The smallest absolute Gasteiger partial charge is 0.234 e. The van der Waals surface area contributed by atoms with Gasteiger partial charge < -0.3 is 4.74 Å². The van der Waals surface area contributed by atoms with Crippen LogP contribution in [0.5, 0.6) is 0 Å². The molecule has 1 aromatic heterocycles. The molecule has 0 aliphatic rings. The maximum absolute atomic E-state index is 11.6. The van der Waals surface area contributed by atoms with Crippen molar-refractivity contribution in [2.45, 2.75) is 6.42 Å². The minimum absolute atomic E-state index is 0.0201. The number of nitrogens with one attached hydrogen (secondary N) is 1. The molecule has 0 aliphatic carbocycles. The summed E-state index contributed by atoms with van der Waals surface area (Å²) in [5, 5.41) is 0.276. The Bertz CT molecular complexity index is 436. The Hall–Kier alpha value is -0.850. The van der Waals surface area contributed by atoms with Gasteiger partial charge in [0.25, 0.3) is 0 Å². The van der Waals surface area contributed by atoms with E-state index in [2.05, 4.69) is 9.71 Å². The van der Waals surface area contributed by atoms with Gasteiger partial charge in [0.15, 0.2) is 5.82 Å². The summed E-state index contributed by atoms with van der Waals surface area (Å²) in [7, 11) is -1.88. The quantitative estimate of drug-likeness (QED) is 0.791. The fourth-order valence-corrected chi connectivity index (χ4v) is 2.33. The predicted molar refractivity (Wildman–Crippen MR) is 63.1 cm³/mol. The van der Waals surface area contributed by atoms with E-state index in [4.69, 9.17) is 16.3 Å². The van der Waals surface area contributed by atoms with E-state index in [-0.39, 0.29) is 16.6 Å². The highest BCUT2D eigenvalue weighted by Crippen LogP contribution is 2.18. The number of methoxy groups -OCH3 is 1. The first kappa shape index (κ1) is 13.2. The van der Waals surface area contributed by atoms with E-state index in [1.165, 1.54) is 13.3 Å². The first-order valence-electron chi connectivity index (χ1n) is 4.65. The molecule has 5 nitrogen and oxygen atoms in total. The third kappa shape index (κ3) is 4.34. The first-order valence-corrected chi connectivity index (χ1v) is 6.68. The minimum atomic E-state index is -3.41. The van der Waals surface area contributed by atoms with Gasteiger partial charge in [0, 0.05) is 19.9 Å². The zero-order valence-electron chi connectivity index (χ0n) is 8.81. The van der Waals surface area contributed by atoms with Crippen molar-refractivity contribution in [3.8, 4) is 0 Å². The van der Waals surface area contributed by atoms with Gasteiger partial charge in [0.2, 0.25) is 10.0 Å². The molecular weight excluding hydrogens is 252 g/mol. The molecule has 0 radical (unpaired) electrons. The van der Waals surface area contributed by atoms with Crippen molar-refractivity contribution in [3.05, 3.63) is 23.4 Å². The lowest BCUT2D eigenvalue weighted by molar-refractivity contribution is 0.199. The molecule has 16 heavy (non-hydrogen) atoms. The van der Waals surface area contributed by atoms with Crippen LogP contribution in [0.3, 0.4) is 0 Å². The number of ether oxygens (including phenoxy) is 1. The summed E-state index contributed by atoms with van der Waals surface area (Å²) in [5.74, 6) is 0.134. The van der Waals surface area contributed by atoms with E-state index in [9.17, 15) is 8.42 Å². The lowest BCUT2D eigenvalue weighted by Crippen LogP contribution is -2.18. The Balaban J connectivity index is 2.63. The third-order valence-corrected chi connectivity index (χ3v) is 3.41. The monoisotopic (exact) mass is 264 g/mol. The molecular formula is C9H13ClN2O3S. The van der Waals surface area contributed by atoms with Gasteiger partial charge in [-0.15, -0.1) is 0 Å². The molecule has 0 amide bonds. The summed E-state index contributed by atoms with van der Waals surface area (Å²) in [6.45, 7) is 0.400. The van der Waals surface area contributed by atoms with Crippen LogP contribution in [-0.4, -0.2) is 32.9 Å². The van der Waals surface area contributed by atoms with Crippen LogP contribution >= 0.6 is 11.6 Å². The summed E-state index contributed by atoms with van der Waals surface area (Å²) in [5.41, 5.74) is 0. The van der Waals surface area contributed by atoms with E-state index in [1.54, 1.807) is 12.1 Å². The molecule has 1 N–H and O–H groups in total. The SMILES string of the molecule is COCCCS(=O)(=O)Nc1ncccc1Cl. The fraction of sp³-hybridized carbons (Fsp3) is 0.444. The van der Waals surface area contributed by atoms with Gasteiger partial charge in [-0.2, -0.15) is 0 Å². The van der Waals surface area contributed by atoms with E-state index in [0.717, 1.165) is 0 Å². The van der Waals surface area contributed by atoms with Crippen molar-refractivity contribution in [2.24, 2.45) is 0 Å². The van der Waals surface area contributed by atoms with Crippen molar-refractivity contribution in [2.75, 3.05) is 24.2 Å². The largest absolute Gasteiger partial charge is 0.385 e. The average molecular weight is 265 g/mol. The molecule has 0 bridgehead atoms. The number of anilines is 1. The number of aromatic nitrogens is 1. The van der Waals surface area contributed by atoms with Gasteiger partial charge in [0.1, 0.15) is 0 Å². The van der Waals surface area contributed by atoms with Gasteiger partial charge in [-0.05, 0) is 18.6 Å². The predicted octanol–water partition coefficient (Wildman–Crippen LogP) is 1.51. The summed E-state index contributed by atoms with van der Waals surface area (Å²) < 4.78 is 30.2. The van der Waals surface area contributed by atoms with Crippen LogP contribution in [0.25, 0.3) is 0 Å². The van der Waals surface area contributed by atoms with Crippen LogP contribution < -0.4 is 4.72 Å². The Labute approximate surface area is 99.8 Å². The maximum Gasteiger partial charge on any atom is 0.234 e. The molecule has 0 aromatic carbocycles. The molecule has 0 fully saturated rings. The van der Waals surface area contributed by atoms with Crippen LogP contribution in [0.15, 0.2) is 18.3 Å². The fourth-order valence-electron chi connectivity index (χ4n) is 1.05.